The van der Waals surface area contributed by atoms with Crippen molar-refractivity contribution >= 4 is 57.2 Å². The SMILES string of the molecule is CCSc1nc2sccn2c(=O)c1C(=O)NCc1cc(Cl)cc(Cl)c1. The number of hydrogen-bond donors (Lipinski definition) is 1. The molecule has 1 amide bonds. The van der Waals surface area contributed by atoms with Gasteiger partial charge in [0, 0.05) is 28.2 Å². The smallest absolute Gasteiger partial charge is 0.272 e. The lowest BCUT2D eigenvalue weighted by Crippen LogP contribution is -2.32. The van der Waals surface area contributed by atoms with E-state index in [9.17, 15) is 9.59 Å². The quantitative estimate of drug-likeness (QED) is 0.504. The molecule has 0 radical (unpaired) electrons. The molecule has 5 nitrogen and oxygen atoms in total. The van der Waals surface area contributed by atoms with E-state index in [1.165, 1.54) is 27.5 Å². The molecule has 0 bridgehead atoms. The van der Waals surface area contributed by atoms with Crippen molar-refractivity contribution in [1.82, 2.24) is 14.7 Å². The Labute approximate surface area is 162 Å². The van der Waals surface area contributed by atoms with Crippen LogP contribution in [0.4, 0.5) is 0 Å². The molecule has 0 aliphatic heterocycles. The van der Waals surface area contributed by atoms with Crippen molar-refractivity contribution < 1.29 is 4.79 Å². The Kier molecular flexibility index (Phi) is 5.68. The first-order valence-corrected chi connectivity index (χ1v) is 9.97. The average molecular weight is 414 g/mol. The summed E-state index contributed by atoms with van der Waals surface area (Å²) in [5.74, 6) is 0.239. The minimum absolute atomic E-state index is 0.0517. The molecule has 2 aromatic heterocycles. The third kappa shape index (κ3) is 4.00. The van der Waals surface area contributed by atoms with Crippen LogP contribution in [-0.2, 0) is 6.54 Å². The summed E-state index contributed by atoms with van der Waals surface area (Å²) in [4.78, 5) is 30.3. The summed E-state index contributed by atoms with van der Waals surface area (Å²) >= 11 is 14.6. The first-order valence-electron chi connectivity index (χ1n) is 7.35. The molecule has 3 aromatic rings. The fourth-order valence-electron chi connectivity index (χ4n) is 2.28. The number of amides is 1. The number of nitrogens with one attached hydrogen (secondary N) is 1. The maximum Gasteiger partial charge on any atom is 0.272 e. The molecule has 25 heavy (non-hydrogen) atoms. The highest BCUT2D eigenvalue weighted by Gasteiger charge is 2.20. The molecule has 0 saturated heterocycles. The van der Waals surface area contributed by atoms with Gasteiger partial charge in [0.2, 0.25) is 0 Å². The van der Waals surface area contributed by atoms with Crippen molar-refractivity contribution in [2.24, 2.45) is 0 Å². The van der Waals surface area contributed by atoms with E-state index in [0.29, 0.717) is 25.8 Å². The molecule has 9 heteroatoms. The summed E-state index contributed by atoms with van der Waals surface area (Å²) < 4.78 is 1.38. The van der Waals surface area contributed by atoms with Crippen molar-refractivity contribution in [2.75, 3.05) is 5.75 Å². The molecule has 0 atom stereocenters. The Hall–Kier alpha value is -1.54. The summed E-state index contributed by atoms with van der Waals surface area (Å²) in [7, 11) is 0. The van der Waals surface area contributed by atoms with Gasteiger partial charge in [-0.15, -0.1) is 23.1 Å². The molecule has 130 valence electrons. The van der Waals surface area contributed by atoms with Gasteiger partial charge in [-0.05, 0) is 29.5 Å². The number of nitrogens with zero attached hydrogens (tertiary/aromatic N) is 2. The van der Waals surface area contributed by atoms with Gasteiger partial charge < -0.3 is 5.32 Å². The molecular weight excluding hydrogens is 401 g/mol. The third-order valence-electron chi connectivity index (χ3n) is 3.32. The first-order chi connectivity index (χ1) is 12.0. The van der Waals surface area contributed by atoms with Gasteiger partial charge in [0.15, 0.2) is 4.96 Å². The van der Waals surface area contributed by atoms with Crippen molar-refractivity contribution in [2.45, 2.75) is 18.5 Å². The van der Waals surface area contributed by atoms with Crippen LogP contribution in [-0.4, -0.2) is 21.0 Å². The molecule has 0 saturated carbocycles. The number of thiazole rings is 1. The Morgan fingerprint density at radius 1 is 1.32 bits per heavy atom. The van der Waals surface area contributed by atoms with Gasteiger partial charge in [-0.2, -0.15) is 0 Å². The monoisotopic (exact) mass is 413 g/mol. The van der Waals surface area contributed by atoms with Crippen LogP contribution < -0.4 is 10.9 Å². The summed E-state index contributed by atoms with van der Waals surface area (Å²) in [6.45, 7) is 2.15. The standard InChI is InChI=1S/C16H13Cl2N3O2S2/c1-2-24-14-12(15(23)21-3-4-25-16(21)20-14)13(22)19-8-9-5-10(17)7-11(18)6-9/h3-7H,2,8H2,1H3,(H,19,22). The molecule has 0 aliphatic rings. The van der Waals surface area contributed by atoms with Crippen LogP contribution in [0.3, 0.4) is 0 Å². The summed E-state index contributed by atoms with van der Waals surface area (Å²) in [5.41, 5.74) is 0.430. The molecule has 0 aliphatic carbocycles. The predicted molar refractivity (Wildman–Crippen MR) is 103 cm³/mol. The van der Waals surface area contributed by atoms with Gasteiger partial charge in [0.25, 0.3) is 11.5 Å². The highest BCUT2D eigenvalue weighted by Crippen LogP contribution is 2.21. The van der Waals surface area contributed by atoms with E-state index in [2.05, 4.69) is 10.3 Å². The second-order valence-electron chi connectivity index (χ2n) is 5.05. The second kappa shape index (κ2) is 7.78. The van der Waals surface area contributed by atoms with Crippen molar-refractivity contribution in [3.8, 4) is 0 Å². The molecule has 3 rings (SSSR count). The zero-order chi connectivity index (χ0) is 18.0. The van der Waals surface area contributed by atoms with E-state index >= 15 is 0 Å². The Balaban J connectivity index is 1.91. The summed E-state index contributed by atoms with van der Waals surface area (Å²) in [5, 5.41) is 5.92. The van der Waals surface area contributed by atoms with Crippen LogP contribution in [0, 0.1) is 0 Å². The van der Waals surface area contributed by atoms with Crippen LogP contribution in [0.25, 0.3) is 4.96 Å². The topological polar surface area (TPSA) is 63.5 Å². The van der Waals surface area contributed by atoms with Crippen molar-refractivity contribution in [3.63, 3.8) is 0 Å². The predicted octanol–water partition coefficient (Wildman–Crippen LogP) is 4.10. The number of carbonyl (C=O) groups excluding carboxylic acids is 1. The molecular formula is C16H13Cl2N3O2S2. The van der Waals surface area contributed by atoms with Gasteiger partial charge in [-0.25, -0.2) is 4.98 Å². The Morgan fingerprint density at radius 3 is 2.72 bits per heavy atom. The zero-order valence-corrected chi connectivity index (χ0v) is 16.2. The van der Waals surface area contributed by atoms with E-state index in [1.807, 2.05) is 6.92 Å². The van der Waals surface area contributed by atoms with Crippen LogP contribution in [0.1, 0.15) is 22.8 Å². The largest absolute Gasteiger partial charge is 0.348 e. The summed E-state index contributed by atoms with van der Waals surface area (Å²) in [6.07, 6.45) is 1.61. The lowest BCUT2D eigenvalue weighted by Gasteiger charge is -2.09. The van der Waals surface area contributed by atoms with E-state index in [1.54, 1.807) is 29.8 Å². The van der Waals surface area contributed by atoms with Gasteiger partial charge in [-0.1, -0.05) is 30.1 Å². The lowest BCUT2D eigenvalue weighted by molar-refractivity contribution is 0.0945. The molecule has 2 heterocycles. The highest BCUT2D eigenvalue weighted by atomic mass is 35.5. The maximum absolute atomic E-state index is 12.7. The Bertz CT molecular complexity index is 980. The number of fused-ring (bicyclic) bond motifs is 1. The third-order valence-corrected chi connectivity index (χ3v) is 5.37. The minimum atomic E-state index is -0.467. The van der Waals surface area contributed by atoms with Crippen molar-refractivity contribution in [3.05, 3.63) is 61.3 Å². The van der Waals surface area contributed by atoms with Gasteiger partial charge >= 0.3 is 0 Å². The normalized spacial score (nSPS) is 11.0. The van der Waals surface area contributed by atoms with Crippen LogP contribution in [0.5, 0.6) is 0 Å². The van der Waals surface area contributed by atoms with Gasteiger partial charge in [0.1, 0.15) is 10.6 Å². The van der Waals surface area contributed by atoms with E-state index in [0.717, 1.165) is 5.56 Å². The molecule has 1 aromatic carbocycles. The second-order valence-corrected chi connectivity index (χ2v) is 8.04. The molecule has 0 fully saturated rings. The number of benzene rings is 1. The number of rotatable bonds is 5. The molecule has 1 N–H and O–H groups in total. The number of halogens is 2. The van der Waals surface area contributed by atoms with Crippen molar-refractivity contribution in [1.29, 1.82) is 0 Å². The van der Waals surface area contributed by atoms with E-state index in [4.69, 9.17) is 23.2 Å². The number of thioether (sulfide) groups is 1. The fraction of sp³-hybridized carbons (Fsp3) is 0.188. The fourth-order valence-corrected chi connectivity index (χ4v) is 4.36. The van der Waals surface area contributed by atoms with Gasteiger partial charge in [0.05, 0.1) is 0 Å². The number of hydrogen-bond acceptors (Lipinski definition) is 5. The first kappa shape index (κ1) is 18.3. The van der Waals surface area contributed by atoms with Crippen LogP contribution >= 0.6 is 46.3 Å². The highest BCUT2D eigenvalue weighted by molar-refractivity contribution is 7.99. The van der Waals surface area contributed by atoms with Gasteiger partial charge in [-0.3, -0.25) is 14.0 Å². The Morgan fingerprint density at radius 2 is 2.04 bits per heavy atom. The summed E-state index contributed by atoms with van der Waals surface area (Å²) in [6, 6.07) is 5.04. The number of carbonyl (C=O) groups is 1. The average Bonchev–Trinajstić information content (AvgIpc) is 3.01. The molecule has 0 spiro atoms. The minimum Gasteiger partial charge on any atom is -0.348 e. The lowest BCUT2D eigenvalue weighted by atomic mass is 10.2. The van der Waals surface area contributed by atoms with E-state index < -0.39 is 5.91 Å². The van der Waals surface area contributed by atoms with Crippen LogP contribution in [0.15, 0.2) is 39.6 Å². The van der Waals surface area contributed by atoms with Crippen LogP contribution in [0.2, 0.25) is 10.0 Å². The zero-order valence-electron chi connectivity index (χ0n) is 13.1. The maximum atomic E-state index is 12.7. The number of aromatic nitrogens is 2. The van der Waals surface area contributed by atoms with E-state index in [-0.39, 0.29) is 17.7 Å². The molecule has 0 unspecified atom stereocenters.